The fourth-order valence-corrected chi connectivity index (χ4v) is 5.19. The maximum Gasteiger partial charge on any atom is 0.573 e. The molecule has 3 aromatic rings. The van der Waals surface area contributed by atoms with Crippen LogP contribution in [0.1, 0.15) is 35.8 Å². The second kappa shape index (κ2) is 11.0. The zero-order valence-corrected chi connectivity index (χ0v) is 20.1. The van der Waals surface area contributed by atoms with Gasteiger partial charge in [-0.1, -0.05) is 23.4 Å². The van der Waals surface area contributed by atoms with Crippen molar-refractivity contribution in [2.24, 2.45) is 5.16 Å². The summed E-state index contributed by atoms with van der Waals surface area (Å²) in [6.07, 6.45) is -3.29. The van der Waals surface area contributed by atoms with Crippen LogP contribution in [-0.2, 0) is 14.9 Å². The molecular formula is C25H21F3N4O4S. The van der Waals surface area contributed by atoms with Crippen molar-refractivity contribution in [3.63, 3.8) is 0 Å². The van der Waals surface area contributed by atoms with Crippen molar-refractivity contribution in [1.82, 2.24) is 9.29 Å². The number of ether oxygens (including phenoxy) is 1. The first kappa shape index (κ1) is 26.1. The lowest BCUT2D eigenvalue weighted by molar-refractivity contribution is -0.274. The predicted molar refractivity (Wildman–Crippen MR) is 127 cm³/mol. The lowest BCUT2D eigenvalue weighted by Gasteiger charge is -2.27. The summed E-state index contributed by atoms with van der Waals surface area (Å²) in [5.41, 5.74) is 2.41. The fraction of sp³-hybridized carbons (Fsp3) is 0.240. The zero-order chi connectivity index (χ0) is 26.5. The molecule has 0 spiro atoms. The van der Waals surface area contributed by atoms with E-state index < -0.39 is 28.2 Å². The molecule has 1 aliphatic rings. The molecule has 0 bridgehead atoms. The molecule has 1 aliphatic heterocycles. The summed E-state index contributed by atoms with van der Waals surface area (Å²) >= 11 is 0. The average Bonchev–Trinajstić information content (AvgIpc) is 2.89. The van der Waals surface area contributed by atoms with Crippen LogP contribution in [0.25, 0.3) is 0 Å². The quantitative estimate of drug-likeness (QED) is 0.407. The smallest absolute Gasteiger partial charge is 0.406 e. The van der Waals surface area contributed by atoms with Crippen molar-refractivity contribution in [1.29, 1.82) is 5.26 Å². The molecule has 1 unspecified atom stereocenters. The monoisotopic (exact) mass is 530 g/mol. The number of oxime groups is 1. The first-order chi connectivity index (χ1) is 17.7. The molecule has 4 rings (SSSR count). The van der Waals surface area contributed by atoms with Crippen molar-refractivity contribution >= 4 is 15.7 Å². The van der Waals surface area contributed by atoms with Gasteiger partial charge < -0.3 is 9.57 Å². The number of hydrogen-bond donors (Lipinski definition) is 0. The van der Waals surface area contributed by atoms with Gasteiger partial charge >= 0.3 is 6.36 Å². The van der Waals surface area contributed by atoms with E-state index in [4.69, 9.17) is 4.84 Å². The standard InChI is InChI=1S/C25H21F3N4O4S/c26-25(27,28)35-21-7-9-22(10-8-21)37(33,34)32-14-11-20(12-15-32)31-36-24(23-6-1-2-13-30-23)19-5-3-4-18(16-19)17-29/h1-10,13,16,24H,11-12,14-15H2. The second-order valence-corrected chi connectivity index (χ2v) is 10.00. The Labute approximate surface area is 211 Å². The molecule has 0 saturated carbocycles. The number of rotatable bonds is 7. The maximum absolute atomic E-state index is 12.9. The summed E-state index contributed by atoms with van der Waals surface area (Å²) in [6, 6.07) is 18.5. The van der Waals surface area contributed by atoms with Gasteiger partial charge in [0, 0.05) is 37.7 Å². The van der Waals surface area contributed by atoms with Crippen LogP contribution in [0, 0.1) is 11.3 Å². The van der Waals surface area contributed by atoms with Gasteiger partial charge in [-0.2, -0.15) is 9.57 Å². The first-order valence-electron chi connectivity index (χ1n) is 11.1. The highest BCUT2D eigenvalue weighted by Crippen LogP contribution is 2.28. The van der Waals surface area contributed by atoms with Gasteiger partial charge in [0.2, 0.25) is 10.0 Å². The highest BCUT2D eigenvalue weighted by atomic mass is 32.2. The topological polar surface area (TPSA) is 105 Å². The minimum Gasteiger partial charge on any atom is -0.406 e. The van der Waals surface area contributed by atoms with Crippen LogP contribution in [0.3, 0.4) is 0 Å². The molecule has 12 heteroatoms. The number of nitriles is 1. The summed E-state index contributed by atoms with van der Waals surface area (Å²) in [6.45, 7) is 0.257. The molecule has 2 heterocycles. The maximum atomic E-state index is 12.9. The van der Waals surface area contributed by atoms with Gasteiger partial charge in [0.15, 0.2) is 6.10 Å². The molecule has 37 heavy (non-hydrogen) atoms. The minimum atomic E-state index is -4.86. The Morgan fingerprint density at radius 3 is 2.38 bits per heavy atom. The number of piperidine rings is 1. The van der Waals surface area contributed by atoms with Gasteiger partial charge in [0.05, 0.1) is 27.9 Å². The lowest BCUT2D eigenvalue weighted by Crippen LogP contribution is -2.38. The normalized spacial score (nSPS) is 15.5. The Balaban J connectivity index is 1.44. The van der Waals surface area contributed by atoms with E-state index in [9.17, 15) is 26.9 Å². The van der Waals surface area contributed by atoms with Gasteiger partial charge in [0.1, 0.15) is 5.75 Å². The molecule has 1 atom stereocenters. The number of sulfonamides is 1. The number of hydrogen-bond acceptors (Lipinski definition) is 7. The highest BCUT2D eigenvalue weighted by Gasteiger charge is 2.32. The van der Waals surface area contributed by atoms with E-state index in [-0.39, 0.29) is 18.0 Å². The summed E-state index contributed by atoms with van der Waals surface area (Å²) < 4.78 is 68.0. The molecule has 1 fully saturated rings. The van der Waals surface area contributed by atoms with Crippen molar-refractivity contribution in [3.8, 4) is 11.8 Å². The van der Waals surface area contributed by atoms with E-state index in [2.05, 4.69) is 20.9 Å². The van der Waals surface area contributed by atoms with Crippen LogP contribution in [-0.4, -0.2) is 42.9 Å². The Kier molecular flexibility index (Phi) is 7.75. The van der Waals surface area contributed by atoms with Crippen molar-refractivity contribution < 1.29 is 31.2 Å². The van der Waals surface area contributed by atoms with E-state index in [1.807, 2.05) is 6.07 Å². The van der Waals surface area contributed by atoms with Crippen molar-refractivity contribution in [2.75, 3.05) is 13.1 Å². The molecule has 8 nitrogen and oxygen atoms in total. The molecule has 0 aliphatic carbocycles. The third kappa shape index (κ3) is 6.63. The Bertz CT molecular complexity index is 1400. The van der Waals surface area contributed by atoms with Gasteiger partial charge in [-0.15, -0.1) is 13.2 Å². The number of halogens is 3. The molecule has 2 aromatic carbocycles. The van der Waals surface area contributed by atoms with E-state index in [1.54, 1.807) is 42.6 Å². The summed E-state index contributed by atoms with van der Waals surface area (Å²) in [4.78, 5) is 10.1. The highest BCUT2D eigenvalue weighted by molar-refractivity contribution is 7.89. The molecule has 1 aromatic heterocycles. The summed E-state index contributed by atoms with van der Waals surface area (Å²) in [7, 11) is -3.91. The van der Waals surface area contributed by atoms with Gasteiger partial charge in [-0.3, -0.25) is 4.98 Å². The van der Waals surface area contributed by atoms with Crippen molar-refractivity contribution in [2.45, 2.75) is 30.2 Å². The third-order valence-corrected chi connectivity index (χ3v) is 7.47. The largest absolute Gasteiger partial charge is 0.573 e. The van der Waals surface area contributed by atoms with E-state index >= 15 is 0 Å². The van der Waals surface area contributed by atoms with Crippen LogP contribution < -0.4 is 4.74 Å². The number of alkyl halides is 3. The van der Waals surface area contributed by atoms with Gasteiger partial charge in [-0.05, 0) is 48.5 Å². The van der Waals surface area contributed by atoms with E-state index in [0.717, 1.165) is 24.3 Å². The molecule has 0 amide bonds. The minimum absolute atomic E-state index is 0.128. The van der Waals surface area contributed by atoms with Crippen LogP contribution in [0.15, 0.2) is 83.0 Å². The number of nitrogens with zero attached hydrogens (tertiary/aromatic N) is 4. The van der Waals surface area contributed by atoms with Crippen LogP contribution in [0.2, 0.25) is 0 Å². The lowest BCUT2D eigenvalue weighted by atomic mass is 10.0. The second-order valence-electron chi connectivity index (χ2n) is 8.06. The van der Waals surface area contributed by atoms with Crippen LogP contribution >= 0.6 is 0 Å². The Morgan fingerprint density at radius 1 is 1.03 bits per heavy atom. The molecule has 192 valence electrons. The molecule has 0 N–H and O–H groups in total. The predicted octanol–water partition coefficient (Wildman–Crippen LogP) is 4.80. The number of aromatic nitrogens is 1. The average molecular weight is 531 g/mol. The van der Waals surface area contributed by atoms with E-state index in [0.29, 0.717) is 35.4 Å². The number of pyridine rings is 1. The molecule has 1 saturated heterocycles. The third-order valence-electron chi connectivity index (χ3n) is 5.56. The zero-order valence-electron chi connectivity index (χ0n) is 19.3. The molecular weight excluding hydrogens is 509 g/mol. The fourth-order valence-electron chi connectivity index (χ4n) is 3.75. The van der Waals surface area contributed by atoms with Crippen molar-refractivity contribution in [3.05, 3.63) is 89.7 Å². The van der Waals surface area contributed by atoms with Crippen LogP contribution in [0.5, 0.6) is 5.75 Å². The summed E-state index contributed by atoms with van der Waals surface area (Å²) in [5.74, 6) is -0.501. The van der Waals surface area contributed by atoms with Gasteiger partial charge in [-0.25, -0.2) is 8.42 Å². The Hall–Kier alpha value is -3.95. The Morgan fingerprint density at radius 2 is 1.76 bits per heavy atom. The first-order valence-corrected chi connectivity index (χ1v) is 12.6. The SMILES string of the molecule is N#Cc1cccc(C(ON=C2CCN(S(=O)(=O)c3ccc(OC(F)(F)F)cc3)CC2)c2ccccn2)c1. The van der Waals surface area contributed by atoms with Crippen LogP contribution in [0.4, 0.5) is 13.2 Å². The summed E-state index contributed by atoms with van der Waals surface area (Å²) in [5, 5.41) is 13.5. The van der Waals surface area contributed by atoms with E-state index in [1.165, 1.54) is 4.31 Å². The molecule has 0 radical (unpaired) electrons. The van der Waals surface area contributed by atoms with Gasteiger partial charge in [0.25, 0.3) is 0 Å². The number of benzene rings is 2.